The molecule has 1 N–H and O–H groups in total. The molecule has 1 unspecified atom stereocenters. The largest absolute Gasteiger partial charge is 0.478 e. The van der Waals surface area contributed by atoms with Gasteiger partial charge in [0.25, 0.3) is 0 Å². The quantitative estimate of drug-likeness (QED) is 0.568. The van der Waals surface area contributed by atoms with Gasteiger partial charge in [-0.2, -0.15) is 0 Å². The minimum absolute atomic E-state index is 0.168. The predicted molar refractivity (Wildman–Crippen MR) is 91.6 cm³/mol. The van der Waals surface area contributed by atoms with Crippen molar-refractivity contribution in [3.8, 4) is 0 Å². The summed E-state index contributed by atoms with van der Waals surface area (Å²) in [7, 11) is 0. The molecule has 0 aliphatic heterocycles. The number of hydrogen-bond donors (Lipinski definition) is 1. The van der Waals surface area contributed by atoms with Crippen LogP contribution < -0.4 is 0 Å². The molecule has 0 aromatic rings. The molecule has 1 atom stereocenters. The van der Waals surface area contributed by atoms with Gasteiger partial charge in [0.05, 0.1) is 0 Å². The highest BCUT2D eigenvalue weighted by Gasteiger charge is 2.46. The van der Waals surface area contributed by atoms with Crippen LogP contribution in [0.15, 0.2) is 47.1 Å². The monoisotopic (exact) mass is 300 g/mol. The van der Waals surface area contributed by atoms with Crippen LogP contribution in [0.3, 0.4) is 0 Å². The zero-order chi connectivity index (χ0) is 16.5. The smallest absolute Gasteiger partial charge is 0.328 e. The molecule has 0 spiro atoms. The maximum atomic E-state index is 10.6. The van der Waals surface area contributed by atoms with E-state index in [1.54, 1.807) is 5.57 Å². The van der Waals surface area contributed by atoms with Crippen LogP contribution in [0.4, 0.5) is 0 Å². The van der Waals surface area contributed by atoms with Crippen LogP contribution in [0.5, 0.6) is 0 Å². The van der Waals surface area contributed by atoms with E-state index >= 15 is 0 Å². The Bertz CT molecular complexity index is 583. The Balaban J connectivity index is 2.27. The summed E-state index contributed by atoms with van der Waals surface area (Å²) >= 11 is 0. The molecule has 0 saturated heterocycles. The standard InChI is InChI=1S/C20H28O2/c1-14(12-18(21)22)8-6-9-15-13-17-16(20(15,4)5)10-7-11-19(17,2)3/h6,8-9,12-13,16H,7,10-11H2,1-5H3,(H,21,22). The minimum Gasteiger partial charge on any atom is -0.478 e. The lowest BCUT2D eigenvalue weighted by atomic mass is 9.63. The van der Waals surface area contributed by atoms with Crippen molar-refractivity contribution >= 4 is 5.97 Å². The first-order valence-electron chi connectivity index (χ1n) is 8.17. The normalized spacial score (nSPS) is 28.8. The summed E-state index contributed by atoms with van der Waals surface area (Å²) in [6.45, 7) is 11.2. The van der Waals surface area contributed by atoms with Crippen molar-refractivity contribution in [3.63, 3.8) is 0 Å². The molecule has 120 valence electrons. The molecule has 2 heteroatoms. The Morgan fingerprint density at radius 2 is 2.00 bits per heavy atom. The van der Waals surface area contributed by atoms with E-state index in [1.165, 1.54) is 30.9 Å². The summed E-state index contributed by atoms with van der Waals surface area (Å²) in [5.74, 6) is -0.252. The lowest BCUT2D eigenvalue weighted by Crippen LogP contribution is -2.31. The molecule has 2 aliphatic carbocycles. The molecular weight excluding hydrogens is 272 g/mol. The SMILES string of the molecule is CC(C=CC=C1C=C2C(CCCC2(C)C)C1(C)C)=CC(=O)O. The van der Waals surface area contributed by atoms with E-state index in [9.17, 15) is 4.79 Å². The Morgan fingerprint density at radius 1 is 1.32 bits per heavy atom. The second kappa shape index (κ2) is 5.91. The number of carbonyl (C=O) groups is 1. The Morgan fingerprint density at radius 3 is 2.59 bits per heavy atom. The van der Waals surface area contributed by atoms with E-state index in [0.29, 0.717) is 11.3 Å². The third kappa shape index (κ3) is 3.26. The molecule has 0 aromatic carbocycles. The van der Waals surface area contributed by atoms with Gasteiger partial charge in [-0.25, -0.2) is 4.79 Å². The van der Waals surface area contributed by atoms with E-state index in [0.717, 1.165) is 5.57 Å². The molecule has 0 aromatic heterocycles. The summed E-state index contributed by atoms with van der Waals surface area (Å²) in [4.78, 5) is 10.6. The summed E-state index contributed by atoms with van der Waals surface area (Å²) in [5.41, 5.74) is 4.19. The number of carboxylic acid groups (broad SMARTS) is 1. The number of hydrogen-bond acceptors (Lipinski definition) is 1. The van der Waals surface area contributed by atoms with Crippen molar-refractivity contribution in [2.45, 2.75) is 53.9 Å². The topological polar surface area (TPSA) is 37.3 Å². The van der Waals surface area contributed by atoms with Crippen molar-refractivity contribution < 1.29 is 9.90 Å². The lowest BCUT2D eigenvalue weighted by molar-refractivity contribution is -0.131. The molecule has 2 aliphatic rings. The molecule has 0 radical (unpaired) electrons. The third-order valence-corrected chi connectivity index (χ3v) is 5.36. The third-order valence-electron chi connectivity index (χ3n) is 5.36. The molecule has 2 nitrogen and oxygen atoms in total. The van der Waals surface area contributed by atoms with Gasteiger partial charge in [0.15, 0.2) is 0 Å². The zero-order valence-corrected chi connectivity index (χ0v) is 14.4. The first-order valence-corrected chi connectivity index (χ1v) is 8.17. The number of fused-ring (bicyclic) bond motifs is 1. The molecule has 0 heterocycles. The van der Waals surface area contributed by atoms with E-state index in [2.05, 4.69) is 39.8 Å². The average molecular weight is 300 g/mol. The van der Waals surface area contributed by atoms with Crippen LogP contribution >= 0.6 is 0 Å². The molecule has 0 amide bonds. The summed E-state index contributed by atoms with van der Waals surface area (Å²) in [5, 5.41) is 8.74. The van der Waals surface area contributed by atoms with Crippen LogP contribution in [0, 0.1) is 16.7 Å². The van der Waals surface area contributed by atoms with Gasteiger partial charge in [-0.05, 0) is 47.7 Å². The summed E-state index contributed by atoms with van der Waals surface area (Å²) in [6, 6.07) is 0. The van der Waals surface area contributed by atoms with E-state index in [4.69, 9.17) is 5.11 Å². The fourth-order valence-electron chi connectivity index (χ4n) is 3.93. The molecule has 1 fully saturated rings. The highest BCUT2D eigenvalue weighted by atomic mass is 16.4. The van der Waals surface area contributed by atoms with Gasteiger partial charge in [0.2, 0.25) is 0 Å². The summed E-state index contributed by atoms with van der Waals surface area (Å²) < 4.78 is 0. The molecule has 0 bridgehead atoms. The Hall–Kier alpha value is -1.57. The van der Waals surface area contributed by atoms with Crippen molar-refractivity contribution in [3.05, 3.63) is 47.1 Å². The van der Waals surface area contributed by atoms with Gasteiger partial charge in [-0.15, -0.1) is 0 Å². The van der Waals surface area contributed by atoms with Gasteiger partial charge in [0, 0.05) is 6.08 Å². The maximum absolute atomic E-state index is 10.6. The van der Waals surface area contributed by atoms with Gasteiger partial charge in [0.1, 0.15) is 0 Å². The van der Waals surface area contributed by atoms with Crippen molar-refractivity contribution in [2.24, 2.45) is 16.7 Å². The van der Waals surface area contributed by atoms with E-state index in [1.807, 2.05) is 19.1 Å². The first kappa shape index (κ1) is 16.8. The average Bonchev–Trinajstić information content (AvgIpc) is 2.62. The Labute approximate surface area is 134 Å². The number of allylic oxidation sites excluding steroid dienone is 7. The van der Waals surface area contributed by atoms with E-state index < -0.39 is 5.97 Å². The highest BCUT2D eigenvalue weighted by Crippen LogP contribution is 2.57. The maximum Gasteiger partial charge on any atom is 0.328 e. The lowest BCUT2D eigenvalue weighted by Gasteiger charge is -2.41. The van der Waals surface area contributed by atoms with Crippen LogP contribution in [-0.4, -0.2) is 11.1 Å². The van der Waals surface area contributed by atoms with Crippen molar-refractivity contribution in [2.75, 3.05) is 0 Å². The van der Waals surface area contributed by atoms with Gasteiger partial charge in [-0.3, -0.25) is 0 Å². The number of aliphatic carboxylic acids is 1. The molecule has 22 heavy (non-hydrogen) atoms. The van der Waals surface area contributed by atoms with Gasteiger partial charge in [-0.1, -0.05) is 64.0 Å². The van der Waals surface area contributed by atoms with Crippen molar-refractivity contribution in [1.82, 2.24) is 0 Å². The van der Waals surface area contributed by atoms with Gasteiger partial charge < -0.3 is 5.11 Å². The second-order valence-electron chi connectivity index (χ2n) is 7.86. The zero-order valence-electron chi connectivity index (χ0n) is 14.4. The van der Waals surface area contributed by atoms with Crippen LogP contribution in [0.25, 0.3) is 0 Å². The summed E-state index contributed by atoms with van der Waals surface area (Å²) in [6.07, 6.45) is 13.5. The molecule has 2 rings (SSSR count). The van der Waals surface area contributed by atoms with Gasteiger partial charge >= 0.3 is 5.97 Å². The first-order chi connectivity index (χ1) is 10.1. The van der Waals surface area contributed by atoms with Crippen LogP contribution in [0.2, 0.25) is 0 Å². The van der Waals surface area contributed by atoms with E-state index in [-0.39, 0.29) is 5.41 Å². The molecular formula is C20H28O2. The number of carboxylic acids is 1. The predicted octanol–water partition coefficient (Wildman–Crippen LogP) is 5.29. The molecule has 1 saturated carbocycles. The fraction of sp³-hybridized carbons (Fsp3) is 0.550. The second-order valence-corrected chi connectivity index (χ2v) is 7.86. The van der Waals surface area contributed by atoms with Crippen LogP contribution in [0.1, 0.15) is 53.9 Å². The minimum atomic E-state index is -0.897. The number of rotatable bonds is 3. The fourth-order valence-corrected chi connectivity index (χ4v) is 3.93. The Kier molecular flexibility index (Phi) is 4.51. The van der Waals surface area contributed by atoms with Crippen LogP contribution in [-0.2, 0) is 4.79 Å². The van der Waals surface area contributed by atoms with Crippen molar-refractivity contribution in [1.29, 1.82) is 0 Å². The highest BCUT2D eigenvalue weighted by molar-refractivity contribution is 5.81.